The van der Waals surface area contributed by atoms with E-state index in [0.717, 1.165) is 17.7 Å². The summed E-state index contributed by atoms with van der Waals surface area (Å²) in [7, 11) is 0. The molecule has 0 aliphatic rings. The van der Waals surface area contributed by atoms with E-state index in [2.05, 4.69) is 0 Å². The Morgan fingerprint density at radius 3 is 2.81 bits per heavy atom. The summed E-state index contributed by atoms with van der Waals surface area (Å²) >= 11 is 1.66. The van der Waals surface area contributed by atoms with Crippen LogP contribution in [-0.4, -0.2) is 23.4 Å². The second-order valence-electron chi connectivity index (χ2n) is 3.31. The first kappa shape index (κ1) is 13.0. The van der Waals surface area contributed by atoms with Crippen LogP contribution in [0.4, 0.5) is 4.39 Å². The molecule has 0 saturated heterocycles. The van der Waals surface area contributed by atoms with E-state index >= 15 is 0 Å². The number of aromatic carboxylic acids is 1. The fourth-order valence-corrected chi connectivity index (χ4v) is 2.13. The van der Waals surface area contributed by atoms with Gasteiger partial charge >= 0.3 is 5.97 Å². The maximum Gasteiger partial charge on any atom is 0.338 e. The maximum atomic E-state index is 13.3. The lowest BCUT2D eigenvalue weighted by Gasteiger charge is -2.03. The van der Waals surface area contributed by atoms with Gasteiger partial charge in [0.2, 0.25) is 0 Å². The van der Waals surface area contributed by atoms with E-state index in [9.17, 15) is 9.18 Å². The van der Waals surface area contributed by atoms with Crippen molar-refractivity contribution in [2.45, 2.75) is 12.2 Å². The number of carboxylic acids is 1. The monoisotopic (exact) mass is 243 g/mol. The van der Waals surface area contributed by atoms with Crippen LogP contribution in [0.3, 0.4) is 0 Å². The lowest BCUT2D eigenvalue weighted by atomic mass is 10.1. The Bertz CT molecular complexity index is 371. The molecule has 0 aliphatic carbocycles. The summed E-state index contributed by atoms with van der Waals surface area (Å²) in [4.78, 5) is 10.6. The number of carboxylic acid groups (broad SMARTS) is 1. The van der Waals surface area contributed by atoms with Gasteiger partial charge in [-0.25, -0.2) is 9.18 Å². The lowest BCUT2D eigenvalue weighted by Crippen LogP contribution is -2.01. The Hall–Kier alpha value is -1.07. The number of thioether (sulfide) groups is 1. The summed E-state index contributed by atoms with van der Waals surface area (Å²) in [5.41, 5.74) is 5.86. The van der Waals surface area contributed by atoms with Gasteiger partial charge in [0.1, 0.15) is 5.82 Å². The van der Waals surface area contributed by atoms with Crippen LogP contribution in [0.15, 0.2) is 18.2 Å². The Labute approximate surface area is 97.8 Å². The van der Waals surface area contributed by atoms with Crippen LogP contribution in [0.5, 0.6) is 0 Å². The minimum absolute atomic E-state index is 0.282. The van der Waals surface area contributed by atoms with Crippen molar-refractivity contribution in [1.82, 2.24) is 0 Å². The molecule has 1 rings (SSSR count). The predicted molar refractivity (Wildman–Crippen MR) is 63.2 cm³/mol. The molecule has 5 heteroatoms. The van der Waals surface area contributed by atoms with Crippen LogP contribution in [0.25, 0.3) is 0 Å². The zero-order chi connectivity index (χ0) is 12.0. The third-order valence-electron chi connectivity index (χ3n) is 2.03. The normalized spacial score (nSPS) is 10.4. The van der Waals surface area contributed by atoms with E-state index in [1.807, 2.05) is 0 Å². The number of nitrogens with two attached hydrogens (primary N) is 1. The van der Waals surface area contributed by atoms with Crippen molar-refractivity contribution in [2.24, 2.45) is 5.73 Å². The Morgan fingerprint density at radius 1 is 1.50 bits per heavy atom. The first-order valence-corrected chi connectivity index (χ1v) is 6.10. The average Bonchev–Trinajstić information content (AvgIpc) is 2.24. The number of hydrogen-bond donors (Lipinski definition) is 2. The molecule has 0 fully saturated rings. The van der Waals surface area contributed by atoms with Crippen molar-refractivity contribution in [2.75, 3.05) is 12.3 Å². The summed E-state index contributed by atoms with van der Waals surface area (Å²) in [6.45, 7) is 0.652. The largest absolute Gasteiger partial charge is 0.478 e. The highest BCUT2D eigenvalue weighted by Crippen LogP contribution is 2.16. The zero-order valence-electron chi connectivity index (χ0n) is 8.78. The van der Waals surface area contributed by atoms with Crippen molar-refractivity contribution < 1.29 is 14.3 Å². The first-order valence-electron chi connectivity index (χ1n) is 4.94. The Morgan fingerprint density at radius 2 is 2.25 bits per heavy atom. The number of benzene rings is 1. The Kier molecular flexibility index (Phi) is 5.28. The summed E-state index contributed by atoms with van der Waals surface area (Å²) in [5.74, 6) is -0.306. The second kappa shape index (κ2) is 6.50. The van der Waals surface area contributed by atoms with Crippen molar-refractivity contribution in [3.63, 3.8) is 0 Å². The van der Waals surface area contributed by atoms with E-state index in [0.29, 0.717) is 12.3 Å². The van der Waals surface area contributed by atoms with Gasteiger partial charge in [-0.1, -0.05) is 6.07 Å². The molecular weight excluding hydrogens is 229 g/mol. The average molecular weight is 243 g/mol. The van der Waals surface area contributed by atoms with Crippen molar-refractivity contribution in [1.29, 1.82) is 0 Å². The minimum Gasteiger partial charge on any atom is -0.478 e. The van der Waals surface area contributed by atoms with Crippen LogP contribution in [-0.2, 0) is 5.75 Å². The molecule has 16 heavy (non-hydrogen) atoms. The number of rotatable bonds is 6. The van der Waals surface area contributed by atoms with E-state index in [1.165, 1.54) is 12.1 Å². The maximum absolute atomic E-state index is 13.3. The van der Waals surface area contributed by atoms with Crippen LogP contribution in [0.2, 0.25) is 0 Å². The Balaban J connectivity index is 2.56. The summed E-state index contributed by atoms with van der Waals surface area (Å²) in [6, 6.07) is 4.22. The van der Waals surface area contributed by atoms with Crippen LogP contribution in [0.1, 0.15) is 22.3 Å². The standard InChI is InChI=1S/C11H14FNO2S/c12-10-6-8(7-16-5-1-4-13)2-3-9(10)11(14)15/h2-3,6H,1,4-5,7,13H2,(H,14,15). The van der Waals surface area contributed by atoms with E-state index in [1.54, 1.807) is 17.8 Å². The van der Waals surface area contributed by atoms with Crippen molar-refractivity contribution >= 4 is 17.7 Å². The molecule has 0 unspecified atom stereocenters. The molecule has 3 N–H and O–H groups in total. The minimum atomic E-state index is -1.24. The molecule has 0 bridgehead atoms. The first-order chi connectivity index (χ1) is 7.65. The predicted octanol–water partition coefficient (Wildman–Crippen LogP) is 2.11. The molecule has 0 aliphatic heterocycles. The lowest BCUT2D eigenvalue weighted by molar-refractivity contribution is 0.0692. The van der Waals surface area contributed by atoms with Gasteiger partial charge in [0, 0.05) is 5.75 Å². The van der Waals surface area contributed by atoms with Gasteiger partial charge < -0.3 is 10.8 Å². The summed E-state index contributed by atoms with van der Waals surface area (Å²) in [5, 5.41) is 8.64. The fraction of sp³-hybridized carbons (Fsp3) is 0.364. The number of hydrogen-bond acceptors (Lipinski definition) is 3. The van der Waals surface area contributed by atoms with E-state index < -0.39 is 11.8 Å². The van der Waals surface area contributed by atoms with Crippen molar-refractivity contribution in [3.8, 4) is 0 Å². The highest BCUT2D eigenvalue weighted by molar-refractivity contribution is 7.98. The van der Waals surface area contributed by atoms with Gasteiger partial charge in [-0.3, -0.25) is 0 Å². The van der Waals surface area contributed by atoms with Gasteiger partial charge in [-0.05, 0) is 36.4 Å². The quantitative estimate of drug-likeness (QED) is 0.751. The van der Waals surface area contributed by atoms with Gasteiger partial charge in [0.15, 0.2) is 0 Å². The van der Waals surface area contributed by atoms with E-state index in [-0.39, 0.29) is 5.56 Å². The molecule has 0 aromatic heterocycles. The van der Waals surface area contributed by atoms with E-state index in [4.69, 9.17) is 10.8 Å². The highest BCUT2D eigenvalue weighted by atomic mass is 32.2. The number of halogens is 1. The van der Waals surface area contributed by atoms with Gasteiger partial charge in [-0.2, -0.15) is 11.8 Å². The molecule has 0 heterocycles. The van der Waals surface area contributed by atoms with Crippen molar-refractivity contribution in [3.05, 3.63) is 35.1 Å². The zero-order valence-corrected chi connectivity index (χ0v) is 9.60. The number of carbonyl (C=O) groups is 1. The molecular formula is C11H14FNO2S. The van der Waals surface area contributed by atoms with Gasteiger partial charge in [0.05, 0.1) is 5.56 Å². The molecule has 1 aromatic carbocycles. The molecule has 0 spiro atoms. The molecule has 0 radical (unpaired) electrons. The van der Waals surface area contributed by atoms with Gasteiger partial charge in [-0.15, -0.1) is 0 Å². The van der Waals surface area contributed by atoms with Crippen LogP contribution < -0.4 is 5.73 Å². The molecule has 0 saturated carbocycles. The molecule has 1 aromatic rings. The third kappa shape index (κ3) is 3.83. The summed E-state index contributed by atoms with van der Waals surface area (Å²) in [6.07, 6.45) is 0.931. The SMILES string of the molecule is NCCCSCc1ccc(C(=O)O)c(F)c1. The second-order valence-corrected chi connectivity index (χ2v) is 4.42. The summed E-state index contributed by atoms with van der Waals surface area (Å²) < 4.78 is 13.3. The highest BCUT2D eigenvalue weighted by Gasteiger charge is 2.09. The molecule has 88 valence electrons. The fourth-order valence-electron chi connectivity index (χ4n) is 1.20. The molecule has 0 atom stereocenters. The molecule has 3 nitrogen and oxygen atoms in total. The smallest absolute Gasteiger partial charge is 0.338 e. The third-order valence-corrected chi connectivity index (χ3v) is 3.14. The van der Waals surface area contributed by atoms with Crippen LogP contribution >= 0.6 is 11.8 Å². The van der Waals surface area contributed by atoms with Gasteiger partial charge in [0.25, 0.3) is 0 Å². The topological polar surface area (TPSA) is 63.3 Å². The van der Waals surface area contributed by atoms with Crippen LogP contribution in [0, 0.1) is 5.82 Å². The molecule has 0 amide bonds.